The molecule has 0 aliphatic carbocycles. The molecule has 1 unspecified atom stereocenters. The topological polar surface area (TPSA) is 79.3 Å². The van der Waals surface area contributed by atoms with Crippen LogP contribution in [-0.4, -0.2) is 64.0 Å². The lowest BCUT2D eigenvalue weighted by Gasteiger charge is -2.53. The molecular formula is C21H30N2O5. The third kappa shape index (κ3) is 4.76. The number of amides is 2. The maximum absolute atomic E-state index is 12.6. The third-order valence-electron chi connectivity index (χ3n) is 5.14. The summed E-state index contributed by atoms with van der Waals surface area (Å²) in [5.74, 6) is 0. The highest BCUT2D eigenvalue weighted by molar-refractivity contribution is 5.71. The van der Waals surface area contributed by atoms with E-state index in [-0.39, 0.29) is 25.7 Å². The number of piperidine rings is 1. The molecule has 154 valence electrons. The number of hydrogen-bond donors (Lipinski definition) is 1. The fraction of sp³-hybridized carbons (Fsp3) is 0.619. The van der Waals surface area contributed by atoms with Crippen LogP contribution in [0.25, 0.3) is 0 Å². The molecule has 0 saturated carbocycles. The molecule has 28 heavy (non-hydrogen) atoms. The second-order valence-corrected chi connectivity index (χ2v) is 8.69. The summed E-state index contributed by atoms with van der Waals surface area (Å²) in [6, 6.07) is 9.11. The molecule has 2 amide bonds. The number of β-amino-alcohol motifs (C(OH)–C–C–N with tert-alkyl or cyclic N) is 1. The smallest absolute Gasteiger partial charge is 0.410 e. The molecule has 2 aliphatic rings. The van der Waals surface area contributed by atoms with Crippen molar-refractivity contribution in [2.45, 2.75) is 63.9 Å². The van der Waals surface area contributed by atoms with Gasteiger partial charge in [0.15, 0.2) is 0 Å². The molecule has 1 aromatic rings. The summed E-state index contributed by atoms with van der Waals surface area (Å²) in [4.78, 5) is 27.9. The van der Waals surface area contributed by atoms with E-state index in [9.17, 15) is 14.7 Å². The molecule has 0 spiro atoms. The van der Waals surface area contributed by atoms with Crippen molar-refractivity contribution in [3.8, 4) is 0 Å². The van der Waals surface area contributed by atoms with Crippen LogP contribution in [0, 0.1) is 0 Å². The first-order valence-electron chi connectivity index (χ1n) is 9.86. The molecule has 0 bridgehead atoms. The zero-order valence-electron chi connectivity index (χ0n) is 16.9. The summed E-state index contributed by atoms with van der Waals surface area (Å²) in [6.07, 6.45) is 1.66. The van der Waals surface area contributed by atoms with Gasteiger partial charge in [0.25, 0.3) is 0 Å². The van der Waals surface area contributed by atoms with Gasteiger partial charge < -0.3 is 24.4 Å². The number of carbonyl (C=O) groups excluding carboxylic acids is 2. The first-order valence-corrected chi connectivity index (χ1v) is 9.86. The van der Waals surface area contributed by atoms with Gasteiger partial charge in [-0.2, -0.15) is 0 Å². The van der Waals surface area contributed by atoms with E-state index in [1.165, 1.54) is 4.90 Å². The van der Waals surface area contributed by atoms with E-state index in [4.69, 9.17) is 9.47 Å². The normalized spacial score (nSPS) is 21.6. The molecule has 2 heterocycles. The summed E-state index contributed by atoms with van der Waals surface area (Å²) < 4.78 is 10.8. The van der Waals surface area contributed by atoms with E-state index >= 15 is 0 Å². The third-order valence-corrected chi connectivity index (χ3v) is 5.14. The number of hydrogen-bond acceptors (Lipinski definition) is 5. The van der Waals surface area contributed by atoms with Crippen molar-refractivity contribution in [1.29, 1.82) is 0 Å². The average molecular weight is 390 g/mol. The lowest BCUT2D eigenvalue weighted by Crippen LogP contribution is -2.73. The number of rotatable bonds is 3. The van der Waals surface area contributed by atoms with Crippen LogP contribution in [0.15, 0.2) is 30.3 Å². The van der Waals surface area contributed by atoms with Crippen LogP contribution >= 0.6 is 0 Å². The summed E-state index contributed by atoms with van der Waals surface area (Å²) >= 11 is 0. The molecule has 7 nitrogen and oxygen atoms in total. The van der Waals surface area contributed by atoms with Crippen molar-refractivity contribution < 1.29 is 24.2 Å². The summed E-state index contributed by atoms with van der Waals surface area (Å²) in [7, 11) is 0. The SMILES string of the molecule is CC(C)(C)OC(=O)N1CCCCC1C1(O)CN(C(=O)OCc2ccccc2)C1. The van der Waals surface area contributed by atoms with Gasteiger partial charge in [-0.1, -0.05) is 30.3 Å². The Kier molecular flexibility index (Phi) is 5.84. The first kappa shape index (κ1) is 20.5. The van der Waals surface area contributed by atoms with Crippen LogP contribution < -0.4 is 0 Å². The zero-order chi connectivity index (χ0) is 20.4. The Morgan fingerprint density at radius 3 is 2.46 bits per heavy atom. The first-order chi connectivity index (χ1) is 13.2. The predicted molar refractivity (Wildman–Crippen MR) is 104 cm³/mol. The summed E-state index contributed by atoms with van der Waals surface area (Å²) in [5, 5.41) is 11.1. The lowest BCUT2D eigenvalue weighted by molar-refractivity contribution is -0.143. The molecule has 0 aromatic heterocycles. The molecule has 2 saturated heterocycles. The standard InChI is InChI=1S/C21H30N2O5/c1-20(2,3)28-19(25)23-12-8-7-11-17(23)21(26)14-22(15-21)18(24)27-13-16-9-5-4-6-10-16/h4-6,9-10,17,26H,7-8,11-15H2,1-3H3. The Morgan fingerprint density at radius 2 is 1.82 bits per heavy atom. The molecule has 7 heteroatoms. The van der Waals surface area contributed by atoms with Gasteiger partial charge >= 0.3 is 12.2 Å². The molecule has 0 radical (unpaired) electrons. The molecule has 1 aromatic carbocycles. The van der Waals surface area contributed by atoms with E-state index in [0.29, 0.717) is 13.0 Å². The van der Waals surface area contributed by atoms with Crippen LogP contribution in [0.4, 0.5) is 9.59 Å². The predicted octanol–water partition coefficient (Wildman–Crippen LogP) is 3.16. The Balaban J connectivity index is 1.56. The van der Waals surface area contributed by atoms with Gasteiger partial charge in [-0.25, -0.2) is 9.59 Å². The molecule has 1 N–H and O–H groups in total. The quantitative estimate of drug-likeness (QED) is 0.858. The summed E-state index contributed by atoms with van der Waals surface area (Å²) in [5.41, 5.74) is -0.799. The largest absolute Gasteiger partial charge is 0.445 e. The van der Waals surface area contributed by atoms with E-state index in [1.807, 2.05) is 51.1 Å². The number of aliphatic hydroxyl groups is 1. The van der Waals surface area contributed by atoms with Gasteiger partial charge in [-0.05, 0) is 45.6 Å². The van der Waals surface area contributed by atoms with E-state index in [2.05, 4.69) is 0 Å². The highest BCUT2D eigenvalue weighted by atomic mass is 16.6. The van der Waals surface area contributed by atoms with E-state index in [0.717, 1.165) is 18.4 Å². The number of likely N-dealkylation sites (tertiary alicyclic amines) is 2. The monoisotopic (exact) mass is 390 g/mol. The minimum Gasteiger partial charge on any atom is -0.445 e. The minimum absolute atomic E-state index is 0.157. The highest BCUT2D eigenvalue weighted by Gasteiger charge is 2.53. The maximum atomic E-state index is 12.6. The van der Waals surface area contributed by atoms with E-state index in [1.54, 1.807) is 4.90 Å². The van der Waals surface area contributed by atoms with Crippen LogP contribution in [0.2, 0.25) is 0 Å². The molecule has 2 aliphatic heterocycles. The Morgan fingerprint density at radius 1 is 1.14 bits per heavy atom. The van der Waals surface area contributed by atoms with Crippen molar-refractivity contribution in [1.82, 2.24) is 9.80 Å². The number of nitrogens with zero attached hydrogens (tertiary/aromatic N) is 2. The Hall–Kier alpha value is -2.28. The van der Waals surface area contributed by atoms with Crippen molar-refractivity contribution in [2.24, 2.45) is 0 Å². The van der Waals surface area contributed by atoms with Gasteiger partial charge in [0.1, 0.15) is 17.8 Å². The minimum atomic E-state index is -1.12. The second kappa shape index (κ2) is 7.99. The van der Waals surface area contributed by atoms with Crippen LogP contribution in [0.5, 0.6) is 0 Å². The van der Waals surface area contributed by atoms with Gasteiger partial charge in [0.05, 0.1) is 19.1 Å². The zero-order valence-corrected chi connectivity index (χ0v) is 16.9. The molecule has 1 atom stereocenters. The second-order valence-electron chi connectivity index (χ2n) is 8.69. The Labute approximate surface area is 166 Å². The fourth-order valence-corrected chi connectivity index (χ4v) is 3.79. The number of benzene rings is 1. The van der Waals surface area contributed by atoms with Crippen molar-refractivity contribution in [3.63, 3.8) is 0 Å². The highest BCUT2D eigenvalue weighted by Crippen LogP contribution is 2.34. The Bertz CT molecular complexity index is 694. The van der Waals surface area contributed by atoms with Crippen molar-refractivity contribution in [2.75, 3.05) is 19.6 Å². The number of carbonyl (C=O) groups is 2. The molecular weight excluding hydrogens is 360 g/mol. The van der Waals surface area contributed by atoms with Gasteiger partial charge in [0.2, 0.25) is 0 Å². The molecule has 3 rings (SSSR count). The van der Waals surface area contributed by atoms with Gasteiger partial charge in [-0.15, -0.1) is 0 Å². The lowest BCUT2D eigenvalue weighted by atomic mass is 9.81. The van der Waals surface area contributed by atoms with Gasteiger partial charge in [-0.3, -0.25) is 0 Å². The van der Waals surface area contributed by atoms with Crippen LogP contribution in [0.3, 0.4) is 0 Å². The van der Waals surface area contributed by atoms with Crippen LogP contribution in [0.1, 0.15) is 45.6 Å². The number of ether oxygens (including phenoxy) is 2. The fourth-order valence-electron chi connectivity index (χ4n) is 3.79. The maximum Gasteiger partial charge on any atom is 0.410 e. The van der Waals surface area contributed by atoms with Gasteiger partial charge in [0, 0.05) is 6.54 Å². The van der Waals surface area contributed by atoms with E-state index < -0.39 is 23.4 Å². The molecule has 2 fully saturated rings. The van der Waals surface area contributed by atoms with Crippen molar-refractivity contribution in [3.05, 3.63) is 35.9 Å². The van der Waals surface area contributed by atoms with Crippen molar-refractivity contribution >= 4 is 12.2 Å². The average Bonchev–Trinajstić information content (AvgIpc) is 2.63. The van der Waals surface area contributed by atoms with Crippen LogP contribution in [-0.2, 0) is 16.1 Å². The summed E-state index contributed by atoms with van der Waals surface area (Å²) in [6.45, 7) is 6.54.